The van der Waals surface area contributed by atoms with Crippen LogP contribution in [0.25, 0.3) is 0 Å². The molecule has 4 nitrogen and oxygen atoms in total. The highest BCUT2D eigenvalue weighted by Crippen LogP contribution is 2.19. The number of hydrogen-bond donors (Lipinski definition) is 2. The average Bonchev–Trinajstić information content (AvgIpc) is 2.33. The Kier molecular flexibility index (Phi) is 3.35. The zero-order valence-corrected chi connectivity index (χ0v) is 10.1. The van der Waals surface area contributed by atoms with Gasteiger partial charge in [-0.25, -0.2) is 9.97 Å². The molecule has 0 atom stereocenters. The lowest BCUT2D eigenvalue weighted by molar-refractivity contribution is 0.968. The summed E-state index contributed by atoms with van der Waals surface area (Å²) < 4.78 is 0. The van der Waals surface area contributed by atoms with Crippen LogP contribution < -0.4 is 11.1 Å². The third-order valence-electron chi connectivity index (χ3n) is 2.55. The van der Waals surface area contributed by atoms with E-state index in [1.54, 1.807) is 6.20 Å². The van der Waals surface area contributed by atoms with Crippen LogP contribution in [0.15, 0.2) is 30.5 Å². The van der Waals surface area contributed by atoms with Crippen LogP contribution in [0.4, 0.5) is 11.6 Å². The molecule has 3 N–H and O–H groups in total. The number of anilines is 2. The second kappa shape index (κ2) is 4.93. The fourth-order valence-electron chi connectivity index (χ4n) is 1.64. The van der Waals surface area contributed by atoms with Crippen molar-refractivity contribution in [3.63, 3.8) is 0 Å². The summed E-state index contributed by atoms with van der Waals surface area (Å²) in [6.45, 7) is 4.55. The van der Waals surface area contributed by atoms with Gasteiger partial charge in [-0.05, 0) is 31.5 Å². The molecule has 0 amide bonds. The molecule has 1 aromatic heterocycles. The van der Waals surface area contributed by atoms with E-state index in [2.05, 4.69) is 41.3 Å². The van der Waals surface area contributed by atoms with E-state index in [0.717, 1.165) is 11.4 Å². The lowest BCUT2D eigenvalue weighted by atomic mass is 10.1. The lowest BCUT2D eigenvalue weighted by Gasteiger charge is -2.09. The first-order valence-electron chi connectivity index (χ1n) is 5.55. The molecular formula is C13H16N4. The van der Waals surface area contributed by atoms with E-state index in [1.807, 2.05) is 12.1 Å². The number of benzene rings is 1. The Morgan fingerprint density at radius 2 is 2.06 bits per heavy atom. The molecule has 0 unspecified atom stereocenters. The summed E-state index contributed by atoms with van der Waals surface area (Å²) in [4.78, 5) is 8.47. The summed E-state index contributed by atoms with van der Waals surface area (Å²) in [6, 6.07) is 8.02. The fourth-order valence-corrected chi connectivity index (χ4v) is 1.64. The predicted molar refractivity (Wildman–Crippen MR) is 69.1 cm³/mol. The van der Waals surface area contributed by atoms with Gasteiger partial charge >= 0.3 is 0 Å². The number of hydrogen-bond acceptors (Lipinski definition) is 4. The van der Waals surface area contributed by atoms with E-state index < -0.39 is 0 Å². The Morgan fingerprint density at radius 3 is 2.76 bits per heavy atom. The maximum Gasteiger partial charge on any atom is 0.227 e. The van der Waals surface area contributed by atoms with Gasteiger partial charge in [0.1, 0.15) is 0 Å². The lowest BCUT2D eigenvalue weighted by Crippen LogP contribution is -2.04. The molecule has 0 aliphatic carbocycles. The molecule has 1 heterocycles. The van der Waals surface area contributed by atoms with Crippen LogP contribution in [0.1, 0.15) is 16.8 Å². The smallest absolute Gasteiger partial charge is 0.227 e. The molecule has 0 aliphatic heterocycles. The molecular weight excluding hydrogens is 212 g/mol. The normalized spacial score (nSPS) is 10.3. The van der Waals surface area contributed by atoms with Crippen molar-refractivity contribution in [2.75, 3.05) is 5.32 Å². The number of aryl methyl sites for hydroxylation is 2. The van der Waals surface area contributed by atoms with Crippen LogP contribution >= 0.6 is 0 Å². The molecule has 0 saturated heterocycles. The Balaban J connectivity index is 2.25. The molecule has 2 rings (SSSR count). The topological polar surface area (TPSA) is 63.8 Å². The van der Waals surface area contributed by atoms with Crippen molar-refractivity contribution >= 4 is 11.6 Å². The maximum atomic E-state index is 5.54. The highest BCUT2D eigenvalue weighted by atomic mass is 15.1. The number of aromatic nitrogens is 2. The Labute approximate surface area is 101 Å². The summed E-state index contributed by atoms with van der Waals surface area (Å²) in [5.41, 5.74) is 9.80. The van der Waals surface area contributed by atoms with E-state index in [-0.39, 0.29) is 0 Å². The van der Waals surface area contributed by atoms with Gasteiger partial charge in [-0.3, -0.25) is 0 Å². The van der Waals surface area contributed by atoms with Gasteiger partial charge in [-0.15, -0.1) is 0 Å². The van der Waals surface area contributed by atoms with Crippen molar-refractivity contribution in [2.45, 2.75) is 20.4 Å². The monoisotopic (exact) mass is 228 g/mol. The number of nitrogens with two attached hydrogens (primary N) is 1. The Bertz CT molecular complexity index is 523. The summed E-state index contributed by atoms with van der Waals surface area (Å²) in [5, 5.41) is 3.20. The van der Waals surface area contributed by atoms with Gasteiger partial charge in [-0.2, -0.15) is 0 Å². The van der Waals surface area contributed by atoms with Gasteiger partial charge in [0.25, 0.3) is 0 Å². The van der Waals surface area contributed by atoms with Crippen molar-refractivity contribution in [3.8, 4) is 0 Å². The van der Waals surface area contributed by atoms with Gasteiger partial charge in [0.2, 0.25) is 5.95 Å². The summed E-state index contributed by atoms with van der Waals surface area (Å²) in [5.74, 6) is 0.583. The molecule has 0 aliphatic rings. The fraction of sp³-hybridized carbons (Fsp3) is 0.231. The van der Waals surface area contributed by atoms with Crippen molar-refractivity contribution < 1.29 is 0 Å². The predicted octanol–water partition coefficient (Wildman–Crippen LogP) is 2.30. The van der Waals surface area contributed by atoms with Gasteiger partial charge in [0.05, 0.1) is 5.69 Å². The molecule has 0 fully saturated rings. The molecule has 0 spiro atoms. The highest BCUT2D eigenvalue weighted by molar-refractivity contribution is 5.58. The molecule has 0 bridgehead atoms. The molecule has 2 aromatic rings. The first kappa shape index (κ1) is 11.5. The van der Waals surface area contributed by atoms with Crippen LogP contribution in [0.2, 0.25) is 0 Å². The molecule has 88 valence electrons. The largest absolute Gasteiger partial charge is 0.325 e. The summed E-state index contributed by atoms with van der Waals surface area (Å²) in [6.07, 6.45) is 1.71. The molecule has 0 radical (unpaired) electrons. The van der Waals surface area contributed by atoms with Crippen molar-refractivity contribution in [2.24, 2.45) is 5.73 Å². The minimum Gasteiger partial charge on any atom is -0.325 e. The molecule has 0 saturated carbocycles. The average molecular weight is 228 g/mol. The van der Waals surface area contributed by atoms with Gasteiger partial charge in [0.15, 0.2) is 0 Å². The molecule has 1 aromatic carbocycles. The zero-order chi connectivity index (χ0) is 12.3. The van der Waals surface area contributed by atoms with Gasteiger partial charge < -0.3 is 11.1 Å². The quantitative estimate of drug-likeness (QED) is 0.846. The number of nitrogens with zero attached hydrogens (tertiary/aromatic N) is 2. The molecule has 4 heteroatoms. The van der Waals surface area contributed by atoms with Crippen LogP contribution in [0.3, 0.4) is 0 Å². The second-order valence-electron chi connectivity index (χ2n) is 4.02. The highest BCUT2D eigenvalue weighted by Gasteiger charge is 2.02. The van der Waals surface area contributed by atoms with E-state index >= 15 is 0 Å². The van der Waals surface area contributed by atoms with E-state index in [9.17, 15) is 0 Å². The standard InChI is InChI=1S/C13H16N4/c1-9-3-4-12(10(2)7-9)17-13-15-6-5-11(8-14)16-13/h3-7H,8,14H2,1-2H3,(H,15,16,17). The first-order chi connectivity index (χ1) is 8.19. The SMILES string of the molecule is Cc1ccc(Nc2nccc(CN)n2)c(C)c1. The Hall–Kier alpha value is -1.94. The van der Waals surface area contributed by atoms with E-state index in [4.69, 9.17) is 5.73 Å². The number of nitrogens with one attached hydrogen (secondary N) is 1. The van der Waals surface area contributed by atoms with Crippen LogP contribution in [-0.2, 0) is 6.54 Å². The first-order valence-corrected chi connectivity index (χ1v) is 5.55. The van der Waals surface area contributed by atoms with E-state index in [0.29, 0.717) is 12.5 Å². The second-order valence-corrected chi connectivity index (χ2v) is 4.02. The van der Waals surface area contributed by atoms with Crippen LogP contribution in [0.5, 0.6) is 0 Å². The minimum absolute atomic E-state index is 0.421. The summed E-state index contributed by atoms with van der Waals surface area (Å²) >= 11 is 0. The van der Waals surface area contributed by atoms with Crippen molar-refractivity contribution in [1.82, 2.24) is 9.97 Å². The zero-order valence-electron chi connectivity index (χ0n) is 10.1. The summed E-state index contributed by atoms with van der Waals surface area (Å²) in [7, 11) is 0. The minimum atomic E-state index is 0.421. The van der Waals surface area contributed by atoms with E-state index in [1.165, 1.54) is 11.1 Å². The van der Waals surface area contributed by atoms with Crippen LogP contribution in [-0.4, -0.2) is 9.97 Å². The maximum absolute atomic E-state index is 5.54. The van der Waals surface area contributed by atoms with Crippen molar-refractivity contribution in [3.05, 3.63) is 47.3 Å². The third kappa shape index (κ3) is 2.79. The van der Waals surface area contributed by atoms with Gasteiger partial charge in [0, 0.05) is 18.4 Å². The third-order valence-corrected chi connectivity index (χ3v) is 2.55. The van der Waals surface area contributed by atoms with Crippen molar-refractivity contribution in [1.29, 1.82) is 0 Å². The van der Waals surface area contributed by atoms with Gasteiger partial charge in [-0.1, -0.05) is 17.7 Å². The Morgan fingerprint density at radius 1 is 1.24 bits per heavy atom. The molecule has 17 heavy (non-hydrogen) atoms. The number of rotatable bonds is 3. The van der Waals surface area contributed by atoms with Crippen LogP contribution in [0, 0.1) is 13.8 Å².